The van der Waals surface area contributed by atoms with Crippen molar-refractivity contribution in [2.45, 2.75) is 24.4 Å². The summed E-state index contributed by atoms with van der Waals surface area (Å²) in [5.41, 5.74) is 2.98. The Kier molecular flexibility index (Phi) is 4.50. The molecule has 0 saturated heterocycles. The van der Waals surface area contributed by atoms with Crippen molar-refractivity contribution < 1.29 is 9.84 Å². The van der Waals surface area contributed by atoms with Gasteiger partial charge in [0.1, 0.15) is 5.75 Å². The van der Waals surface area contributed by atoms with Gasteiger partial charge >= 0.3 is 0 Å². The van der Waals surface area contributed by atoms with E-state index in [1.165, 1.54) is 5.56 Å². The second kappa shape index (κ2) is 6.12. The fourth-order valence-corrected chi connectivity index (χ4v) is 2.85. The van der Waals surface area contributed by atoms with Gasteiger partial charge in [-0.2, -0.15) is 0 Å². The van der Waals surface area contributed by atoms with Crippen molar-refractivity contribution >= 4 is 11.8 Å². The number of aliphatic hydroxyl groups is 1. The quantitative estimate of drug-likeness (QED) is 0.854. The minimum absolute atomic E-state index is 0.0262. The van der Waals surface area contributed by atoms with Gasteiger partial charge in [0.2, 0.25) is 0 Å². The van der Waals surface area contributed by atoms with Gasteiger partial charge in [-0.1, -0.05) is 23.9 Å². The van der Waals surface area contributed by atoms with Crippen molar-refractivity contribution in [1.29, 1.82) is 0 Å². The van der Waals surface area contributed by atoms with E-state index in [4.69, 9.17) is 4.74 Å². The summed E-state index contributed by atoms with van der Waals surface area (Å²) in [6.45, 7) is 1.95. The van der Waals surface area contributed by atoms with Crippen LogP contribution in [0.3, 0.4) is 0 Å². The third-order valence-corrected chi connectivity index (χ3v) is 4.15. The molecule has 0 bridgehead atoms. The van der Waals surface area contributed by atoms with Crippen LogP contribution in [-0.2, 0) is 19.4 Å². The SMILES string of the molecule is COc1ccc(CSc2nc(C)c(CO)n2C)cc1. The van der Waals surface area contributed by atoms with Crippen LogP contribution < -0.4 is 4.74 Å². The summed E-state index contributed by atoms with van der Waals surface area (Å²) >= 11 is 1.66. The summed E-state index contributed by atoms with van der Waals surface area (Å²) in [6, 6.07) is 8.01. The molecule has 1 heterocycles. The molecule has 2 rings (SSSR count). The highest BCUT2D eigenvalue weighted by atomic mass is 32.2. The number of thioether (sulfide) groups is 1. The number of ether oxygens (including phenoxy) is 1. The molecule has 1 N–H and O–H groups in total. The smallest absolute Gasteiger partial charge is 0.168 e. The monoisotopic (exact) mass is 278 g/mol. The molecule has 0 amide bonds. The molecule has 4 nitrogen and oxygen atoms in total. The minimum Gasteiger partial charge on any atom is -0.497 e. The summed E-state index contributed by atoms with van der Waals surface area (Å²) in [5.74, 6) is 1.71. The number of methoxy groups -OCH3 is 1. The second-order valence-corrected chi connectivity index (χ2v) is 5.22. The molecule has 1 aromatic carbocycles. The van der Waals surface area contributed by atoms with Crippen molar-refractivity contribution in [2.24, 2.45) is 7.05 Å². The molecule has 1 aromatic heterocycles. The van der Waals surface area contributed by atoms with Crippen LogP contribution >= 0.6 is 11.8 Å². The van der Waals surface area contributed by atoms with E-state index < -0.39 is 0 Å². The fraction of sp³-hybridized carbons (Fsp3) is 0.357. The lowest BCUT2D eigenvalue weighted by Gasteiger charge is -2.05. The van der Waals surface area contributed by atoms with Crippen LogP contribution in [0, 0.1) is 6.92 Å². The van der Waals surface area contributed by atoms with Crippen molar-refractivity contribution in [1.82, 2.24) is 9.55 Å². The molecular weight excluding hydrogens is 260 g/mol. The number of hydrogen-bond acceptors (Lipinski definition) is 4. The normalized spacial score (nSPS) is 10.7. The molecule has 0 radical (unpaired) electrons. The average Bonchev–Trinajstić information content (AvgIpc) is 2.71. The van der Waals surface area contributed by atoms with Crippen LogP contribution in [0.2, 0.25) is 0 Å². The summed E-state index contributed by atoms with van der Waals surface area (Å²) in [6.07, 6.45) is 0. The maximum absolute atomic E-state index is 9.27. The largest absolute Gasteiger partial charge is 0.497 e. The van der Waals surface area contributed by atoms with Gasteiger partial charge in [0.05, 0.1) is 25.1 Å². The maximum Gasteiger partial charge on any atom is 0.168 e. The lowest BCUT2D eigenvalue weighted by atomic mass is 10.2. The average molecular weight is 278 g/mol. The zero-order valence-corrected chi connectivity index (χ0v) is 12.2. The van der Waals surface area contributed by atoms with E-state index in [9.17, 15) is 5.11 Å². The Morgan fingerprint density at radius 2 is 2.00 bits per heavy atom. The van der Waals surface area contributed by atoms with Gasteiger partial charge in [-0.15, -0.1) is 0 Å². The van der Waals surface area contributed by atoms with Crippen LogP contribution in [0.4, 0.5) is 0 Å². The molecule has 0 atom stereocenters. The van der Waals surface area contributed by atoms with Crippen molar-refractivity contribution in [3.8, 4) is 5.75 Å². The number of aryl methyl sites for hydroxylation is 1. The number of nitrogens with zero attached hydrogens (tertiary/aromatic N) is 2. The first-order valence-corrected chi connectivity index (χ1v) is 7.03. The molecule has 19 heavy (non-hydrogen) atoms. The summed E-state index contributed by atoms with van der Waals surface area (Å²) < 4.78 is 7.08. The maximum atomic E-state index is 9.27. The Balaban J connectivity index is 2.05. The Labute approximate surface area is 117 Å². The van der Waals surface area contributed by atoms with Crippen LogP contribution in [-0.4, -0.2) is 21.8 Å². The van der Waals surface area contributed by atoms with E-state index >= 15 is 0 Å². The van der Waals surface area contributed by atoms with E-state index in [0.29, 0.717) is 0 Å². The van der Waals surface area contributed by atoms with Gasteiger partial charge in [0.15, 0.2) is 5.16 Å². The second-order valence-electron chi connectivity index (χ2n) is 4.28. The highest BCUT2D eigenvalue weighted by molar-refractivity contribution is 7.98. The van der Waals surface area contributed by atoms with E-state index in [1.54, 1.807) is 18.9 Å². The van der Waals surface area contributed by atoms with Crippen molar-refractivity contribution in [3.05, 3.63) is 41.2 Å². The molecule has 5 heteroatoms. The third-order valence-electron chi connectivity index (χ3n) is 3.05. The van der Waals surface area contributed by atoms with E-state index in [-0.39, 0.29) is 6.61 Å². The number of hydrogen-bond donors (Lipinski definition) is 1. The predicted octanol–water partition coefficient (Wildman–Crippen LogP) is 2.52. The number of aromatic nitrogens is 2. The minimum atomic E-state index is 0.0262. The molecule has 0 aliphatic rings. The van der Waals surface area contributed by atoms with E-state index in [1.807, 2.05) is 30.7 Å². The Bertz CT molecular complexity index is 549. The highest BCUT2D eigenvalue weighted by Crippen LogP contribution is 2.24. The summed E-state index contributed by atoms with van der Waals surface area (Å²) in [5, 5.41) is 10.2. The van der Waals surface area contributed by atoms with E-state index in [2.05, 4.69) is 17.1 Å². The van der Waals surface area contributed by atoms with Crippen molar-refractivity contribution in [2.75, 3.05) is 7.11 Å². The summed E-state index contributed by atoms with van der Waals surface area (Å²) in [7, 11) is 3.60. The van der Waals surface area contributed by atoms with Crippen LogP contribution in [0.15, 0.2) is 29.4 Å². The Hall–Kier alpha value is -1.46. The molecule has 102 valence electrons. The zero-order chi connectivity index (χ0) is 13.8. The number of benzene rings is 1. The van der Waals surface area contributed by atoms with Crippen LogP contribution in [0.1, 0.15) is 17.0 Å². The molecule has 2 aromatic rings. The Morgan fingerprint density at radius 3 is 2.53 bits per heavy atom. The number of imidazole rings is 1. The molecule has 0 aliphatic carbocycles. The number of aliphatic hydroxyl groups excluding tert-OH is 1. The molecule has 0 saturated carbocycles. The highest BCUT2D eigenvalue weighted by Gasteiger charge is 2.10. The molecule has 0 aliphatic heterocycles. The van der Waals surface area contributed by atoms with Gasteiger partial charge in [-0.3, -0.25) is 0 Å². The lowest BCUT2D eigenvalue weighted by Crippen LogP contribution is -1.98. The first kappa shape index (κ1) is 14.0. The van der Waals surface area contributed by atoms with Gasteiger partial charge in [-0.25, -0.2) is 4.98 Å². The van der Waals surface area contributed by atoms with Gasteiger partial charge in [0.25, 0.3) is 0 Å². The molecule has 0 unspecified atom stereocenters. The third kappa shape index (κ3) is 3.11. The zero-order valence-electron chi connectivity index (χ0n) is 11.4. The van der Waals surface area contributed by atoms with Crippen molar-refractivity contribution in [3.63, 3.8) is 0 Å². The van der Waals surface area contributed by atoms with Gasteiger partial charge < -0.3 is 14.4 Å². The lowest BCUT2D eigenvalue weighted by molar-refractivity contribution is 0.270. The number of rotatable bonds is 5. The fourth-order valence-electron chi connectivity index (χ4n) is 1.86. The molecule has 0 fully saturated rings. The van der Waals surface area contributed by atoms with Gasteiger partial charge in [-0.05, 0) is 24.6 Å². The Morgan fingerprint density at radius 1 is 1.32 bits per heavy atom. The predicted molar refractivity (Wildman–Crippen MR) is 76.4 cm³/mol. The van der Waals surface area contributed by atoms with E-state index in [0.717, 1.165) is 28.0 Å². The van der Waals surface area contributed by atoms with Crippen LogP contribution in [0.25, 0.3) is 0 Å². The molecule has 0 spiro atoms. The standard InChI is InChI=1S/C14H18N2O2S/c1-10-13(8-17)16(2)14(15-10)19-9-11-4-6-12(18-3)7-5-11/h4-7,17H,8-9H2,1-3H3. The molecular formula is C14H18N2O2S. The topological polar surface area (TPSA) is 47.3 Å². The first-order chi connectivity index (χ1) is 9.15. The van der Waals surface area contributed by atoms with Crippen LogP contribution in [0.5, 0.6) is 5.75 Å². The summed E-state index contributed by atoms with van der Waals surface area (Å²) in [4.78, 5) is 4.47. The van der Waals surface area contributed by atoms with Gasteiger partial charge in [0, 0.05) is 12.8 Å². The first-order valence-electron chi connectivity index (χ1n) is 6.04.